The monoisotopic (exact) mass is 510 g/mol. The van der Waals surface area contributed by atoms with Crippen molar-refractivity contribution in [3.8, 4) is 0 Å². The van der Waals surface area contributed by atoms with E-state index in [1.54, 1.807) is 18.0 Å². The molecule has 1 saturated heterocycles. The molecule has 0 radical (unpaired) electrons. The summed E-state index contributed by atoms with van der Waals surface area (Å²) in [6.07, 6.45) is -3.38. The first kappa shape index (κ1) is 25.9. The number of halogens is 3. The number of nitrogens with zero attached hydrogens (tertiary/aromatic N) is 2. The van der Waals surface area contributed by atoms with Crippen LogP contribution in [0.2, 0.25) is 0 Å². The maximum Gasteiger partial charge on any atom is 0.416 e. The Morgan fingerprint density at radius 1 is 1.33 bits per heavy atom. The Labute approximate surface area is 205 Å². The minimum atomic E-state index is -4.50. The zero-order valence-corrected chi connectivity index (χ0v) is 19.7. The number of aliphatic hydroxyl groups is 2. The number of alkyl halides is 3. The van der Waals surface area contributed by atoms with Crippen LogP contribution in [0.4, 0.5) is 13.2 Å². The number of benzene rings is 1. The number of hydrazine groups is 1. The van der Waals surface area contributed by atoms with Gasteiger partial charge in [-0.25, -0.2) is 5.43 Å². The Morgan fingerprint density at radius 2 is 2.08 bits per heavy atom. The van der Waals surface area contributed by atoms with Crippen molar-refractivity contribution in [3.05, 3.63) is 58.8 Å². The third-order valence-corrected chi connectivity index (χ3v) is 6.19. The van der Waals surface area contributed by atoms with E-state index in [9.17, 15) is 23.1 Å². The van der Waals surface area contributed by atoms with Crippen molar-refractivity contribution in [2.75, 3.05) is 13.2 Å². The summed E-state index contributed by atoms with van der Waals surface area (Å²) in [6.45, 7) is 3.04. The Balaban J connectivity index is 1.48. The van der Waals surface area contributed by atoms with Gasteiger partial charge in [-0.15, -0.1) is 0 Å². The predicted molar refractivity (Wildman–Crippen MR) is 123 cm³/mol. The SMILES string of the molecule is CC1=C(C(=O)NC2=CN=CC(OC[C@H](O)CO)N2)N2NC(c3ccccc3C(F)(F)F)CC(C)C2N1. The lowest BCUT2D eigenvalue weighted by atomic mass is 9.89. The third-order valence-electron chi connectivity index (χ3n) is 6.19. The highest BCUT2D eigenvalue weighted by atomic mass is 19.4. The summed E-state index contributed by atoms with van der Waals surface area (Å²) in [4.78, 5) is 17.3. The number of hydrogen-bond acceptors (Lipinski definition) is 9. The van der Waals surface area contributed by atoms with Crippen LogP contribution in [0.3, 0.4) is 0 Å². The summed E-state index contributed by atoms with van der Waals surface area (Å²) in [5.41, 5.74) is 3.35. The number of hydrogen-bond donors (Lipinski definition) is 6. The molecular formula is C23H29F3N6O4. The molecule has 4 rings (SSSR count). The molecule has 36 heavy (non-hydrogen) atoms. The van der Waals surface area contributed by atoms with E-state index in [4.69, 9.17) is 9.84 Å². The van der Waals surface area contributed by atoms with Crippen molar-refractivity contribution in [1.82, 2.24) is 26.4 Å². The molecule has 6 N–H and O–H groups in total. The molecule has 13 heteroatoms. The number of rotatable bonds is 7. The summed E-state index contributed by atoms with van der Waals surface area (Å²) in [7, 11) is 0. The van der Waals surface area contributed by atoms with Gasteiger partial charge in [-0.05, 0) is 30.9 Å². The van der Waals surface area contributed by atoms with Crippen LogP contribution < -0.4 is 21.4 Å². The fourth-order valence-corrected chi connectivity index (χ4v) is 4.50. The van der Waals surface area contributed by atoms with Gasteiger partial charge in [0.15, 0.2) is 6.23 Å². The third kappa shape index (κ3) is 5.48. The highest BCUT2D eigenvalue weighted by Crippen LogP contribution is 2.40. The lowest BCUT2D eigenvalue weighted by Crippen LogP contribution is -2.57. The molecule has 4 unspecified atom stereocenters. The molecule has 1 aromatic rings. The largest absolute Gasteiger partial charge is 0.416 e. The molecule has 0 bridgehead atoms. The van der Waals surface area contributed by atoms with Gasteiger partial charge >= 0.3 is 6.18 Å². The van der Waals surface area contributed by atoms with Gasteiger partial charge in [-0.3, -0.25) is 14.8 Å². The van der Waals surface area contributed by atoms with Crippen LogP contribution in [0.25, 0.3) is 0 Å². The van der Waals surface area contributed by atoms with Crippen LogP contribution in [0.15, 0.2) is 52.7 Å². The smallest absolute Gasteiger partial charge is 0.394 e. The zero-order chi connectivity index (χ0) is 26.0. The highest BCUT2D eigenvalue weighted by molar-refractivity contribution is 5.95. The van der Waals surface area contributed by atoms with E-state index in [1.807, 2.05) is 6.92 Å². The molecule has 1 amide bonds. The molecule has 0 aromatic heterocycles. The first-order valence-corrected chi connectivity index (χ1v) is 11.5. The summed E-state index contributed by atoms with van der Waals surface area (Å²) in [5.74, 6) is -0.346. The lowest BCUT2D eigenvalue weighted by molar-refractivity contribution is -0.139. The molecule has 1 fully saturated rings. The molecule has 0 spiro atoms. The van der Waals surface area contributed by atoms with E-state index in [-0.39, 0.29) is 35.8 Å². The minimum Gasteiger partial charge on any atom is -0.394 e. The summed E-state index contributed by atoms with van der Waals surface area (Å²) < 4.78 is 46.4. The van der Waals surface area contributed by atoms with Gasteiger partial charge in [0, 0.05) is 5.70 Å². The number of carbonyl (C=O) groups is 1. The van der Waals surface area contributed by atoms with Crippen molar-refractivity contribution in [2.45, 2.75) is 51.0 Å². The summed E-state index contributed by atoms with van der Waals surface area (Å²) in [5, 5.41) is 28.8. The lowest BCUT2D eigenvalue weighted by Gasteiger charge is -2.42. The normalized spacial score (nSPS) is 26.6. The maximum atomic E-state index is 13.7. The van der Waals surface area contributed by atoms with Crippen LogP contribution >= 0.6 is 0 Å². The van der Waals surface area contributed by atoms with Gasteiger partial charge in [-0.2, -0.15) is 13.2 Å². The number of ether oxygens (including phenoxy) is 1. The van der Waals surface area contributed by atoms with Crippen molar-refractivity contribution >= 4 is 12.1 Å². The van der Waals surface area contributed by atoms with E-state index in [0.29, 0.717) is 12.1 Å². The highest BCUT2D eigenvalue weighted by Gasteiger charge is 2.44. The van der Waals surface area contributed by atoms with Crippen molar-refractivity contribution < 1.29 is 32.9 Å². The minimum absolute atomic E-state index is 0.0786. The molecule has 0 saturated carbocycles. The van der Waals surface area contributed by atoms with Gasteiger partial charge in [0.25, 0.3) is 5.91 Å². The van der Waals surface area contributed by atoms with Crippen molar-refractivity contribution in [2.24, 2.45) is 10.9 Å². The molecule has 3 aliphatic heterocycles. The number of carbonyl (C=O) groups excluding carboxylic acids is 1. The number of fused-ring (bicyclic) bond motifs is 1. The molecule has 196 valence electrons. The van der Waals surface area contributed by atoms with Crippen molar-refractivity contribution in [1.29, 1.82) is 0 Å². The van der Waals surface area contributed by atoms with Crippen LogP contribution in [-0.2, 0) is 15.7 Å². The average Bonchev–Trinajstić information content (AvgIpc) is 3.18. The van der Waals surface area contributed by atoms with Gasteiger partial charge in [-0.1, -0.05) is 25.1 Å². The topological polar surface area (TPSA) is 130 Å². The second-order valence-corrected chi connectivity index (χ2v) is 8.94. The molecule has 3 heterocycles. The standard InChI is InChI=1S/C23H29F3N6O4/c1-12-7-17(15-5-3-4-6-16(15)23(24,25)26)31-32-20(13(2)28-21(12)32)22(35)30-18-8-27-9-19(29-18)36-11-14(34)10-33/h3-6,8-9,12,14,17,19,21,28-29,31,33-34H,7,10-11H2,1-2H3,(H,30,35)/t12?,14-,17?,19?,21?/m1/s1. The summed E-state index contributed by atoms with van der Waals surface area (Å²) in [6, 6.07) is 4.79. The van der Waals surface area contributed by atoms with E-state index in [1.165, 1.54) is 24.5 Å². The van der Waals surface area contributed by atoms with Crippen LogP contribution in [-0.4, -0.2) is 59.1 Å². The second-order valence-electron chi connectivity index (χ2n) is 8.94. The van der Waals surface area contributed by atoms with Gasteiger partial charge < -0.3 is 30.9 Å². The quantitative estimate of drug-likeness (QED) is 0.321. The molecule has 10 nitrogen and oxygen atoms in total. The second kappa shape index (κ2) is 10.5. The molecule has 0 aliphatic carbocycles. The number of aliphatic hydroxyl groups excluding tert-OH is 2. The first-order valence-electron chi connectivity index (χ1n) is 11.5. The molecule has 3 aliphatic rings. The van der Waals surface area contributed by atoms with E-state index < -0.39 is 42.6 Å². The number of amides is 1. The number of aliphatic imine (C=N–C) groups is 1. The molecule has 1 aromatic carbocycles. The number of nitrogens with one attached hydrogen (secondary N) is 4. The van der Waals surface area contributed by atoms with Crippen molar-refractivity contribution in [3.63, 3.8) is 0 Å². The van der Waals surface area contributed by atoms with Crippen LogP contribution in [0.1, 0.15) is 37.4 Å². The predicted octanol–water partition coefficient (Wildman–Crippen LogP) is 1.04. The number of allylic oxidation sites excluding steroid dienone is 1. The Morgan fingerprint density at radius 3 is 2.81 bits per heavy atom. The fourth-order valence-electron chi connectivity index (χ4n) is 4.50. The van der Waals surface area contributed by atoms with Crippen LogP contribution in [0.5, 0.6) is 0 Å². The average molecular weight is 511 g/mol. The zero-order valence-electron chi connectivity index (χ0n) is 19.7. The van der Waals surface area contributed by atoms with E-state index >= 15 is 0 Å². The fraction of sp³-hybridized carbons (Fsp3) is 0.478. The Hall–Kier alpha value is -3.13. The van der Waals surface area contributed by atoms with Gasteiger partial charge in [0.05, 0.1) is 37.2 Å². The van der Waals surface area contributed by atoms with Gasteiger partial charge in [0.1, 0.15) is 23.8 Å². The maximum absolute atomic E-state index is 13.7. The first-order chi connectivity index (χ1) is 17.1. The Kier molecular flexibility index (Phi) is 7.54. The van der Waals surface area contributed by atoms with Gasteiger partial charge in [0.2, 0.25) is 0 Å². The van der Waals surface area contributed by atoms with E-state index in [2.05, 4.69) is 26.4 Å². The molecule has 5 atom stereocenters. The summed E-state index contributed by atoms with van der Waals surface area (Å²) >= 11 is 0. The molecular weight excluding hydrogens is 481 g/mol. The Bertz CT molecular complexity index is 1080. The van der Waals surface area contributed by atoms with E-state index in [0.717, 1.165) is 6.07 Å². The van der Waals surface area contributed by atoms with Crippen LogP contribution in [0, 0.1) is 5.92 Å².